The van der Waals surface area contributed by atoms with Gasteiger partial charge in [-0.15, -0.1) is 0 Å². The van der Waals surface area contributed by atoms with Gasteiger partial charge in [0.15, 0.2) is 0 Å². The van der Waals surface area contributed by atoms with Crippen LogP contribution in [-0.2, 0) is 5.92 Å². The Hall–Kier alpha value is -1.54. The molecule has 1 N–H and O–H groups in total. The SMILES string of the molecule is Cc1cc(C#N)cnc1C(F)(F)CO. The molecular formula is C9H8F2N2O. The number of nitrogens with zero attached hydrogens (tertiary/aromatic N) is 2. The molecule has 0 aliphatic carbocycles. The predicted molar refractivity (Wildman–Crippen MR) is 44.7 cm³/mol. The molecule has 0 bridgehead atoms. The summed E-state index contributed by atoms with van der Waals surface area (Å²) in [6, 6.07) is 3.11. The summed E-state index contributed by atoms with van der Waals surface area (Å²) in [5.41, 5.74) is -0.0675. The van der Waals surface area contributed by atoms with Crippen molar-refractivity contribution in [3.8, 4) is 6.07 Å². The third kappa shape index (κ3) is 1.86. The summed E-state index contributed by atoms with van der Waals surface area (Å²) in [6.45, 7) is 0.138. The Labute approximate surface area is 79.6 Å². The summed E-state index contributed by atoms with van der Waals surface area (Å²) in [7, 11) is 0. The molecule has 3 nitrogen and oxygen atoms in total. The van der Waals surface area contributed by atoms with Gasteiger partial charge in [-0.25, -0.2) is 0 Å². The summed E-state index contributed by atoms with van der Waals surface area (Å²) in [6.07, 6.45) is 1.06. The second-order valence-corrected chi connectivity index (χ2v) is 2.86. The van der Waals surface area contributed by atoms with Crippen LogP contribution in [0.1, 0.15) is 16.8 Å². The number of hydrogen-bond acceptors (Lipinski definition) is 3. The largest absolute Gasteiger partial charge is 0.390 e. The van der Waals surface area contributed by atoms with Gasteiger partial charge in [-0.3, -0.25) is 4.98 Å². The maximum absolute atomic E-state index is 13.0. The molecule has 0 amide bonds. The van der Waals surface area contributed by atoms with Gasteiger partial charge in [0, 0.05) is 6.20 Å². The number of rotatable bonds is 2. The van der Waals surface area contributed by atoms with E-state index in [0.29, 0.717) is 0 Å². The maximum Gasteiger partial charge on any atom is 0.312 e. The number of aliphatic hydroxyl groups is 1. The van der Waals surface area contributed by atoms with Crippen LogP contribution in [0.15, 0.2) is 12.3 Å². The van der Waals surface area contributed by atoms with E-state index in [4.69, 9.17) is 10.4 Å². The van der Waals surface area contributed by atoms with Crippen LogP contribution in [0.4, 0.5) is 8.78 Å². The molecule has 0 aliphatic rings. The maximum atomic E-state index is 13.0. The van der Waals surface area contributed by atoms with Crippen molar-refractivity contribution in [3.63, 3.8) is 0 Å². The number of aliphatic hydroxyl groups excluding tert-OH is 1. The number of halogens is 2. The van der Waals surface area contributed by atoms with Crippen LogP contribution < -0.4 is 0 Å². The molecule has 0 radical (unpaired) electrons. The molecule has 14 heavy (non-hydrogen) atoms. The molecule has 1 rings (SSSR count). The highest BCUT2D eigenvalue weighted by atomic mass is 19.3. The average Bonchev–Trinajstić information content (AvgIpc) is 2.17. The molecule has 1 aromatic heterocycles. The molecule has 0 aromatic carbocycles. The van der Waals surface area contributed by atoms with Gasteiger partial charge in [0.05, 0.1) is 5.56 Å². The minimum absolute atomic E-state index is 0.197. The van der Waals surface area contributed by atoms with E-state index in [1.165, 1.54) is 13.0 Å². The molecule has 0 aliphatic heterocycles. The zero-order chi connectivity index (χ0) is 10.8. The van der Waals surface area contributed by atoms with Gasteiger partial charge in [0.2, 0.25) is 0 Å². The first-order valence-electron chi connectivity index (χ1n) is 3.87. The highest BCUT2D eigenvalue weighted by Gasteiger charge is 2.33. The van der Waals surface area contributed by atoms with E-state index >= 15 is 0 Å². The van der Waals surface area contributed by atoms with Crippen molar-refractivity contribution in [2.24, 2.45) is 0 Å². The van der Waals surface area contributed by atoms with Crippen LogP contribution in [0.3, 0.4) is 0 Å². The van der Waals surface area contributed by atoms with Crippen molar-refractivity contribution in [1.29, 1.82) is 5.26 Å². The fourth-order valence-electron chi connectivity index (χ4n) is 1.09. The summed E-state index contributed by atoms with van der Waals surface area (Å²) < 4.78 is 26.0. The van der Waals surface area contributed by atoms with Crippen LogP contribution in [0.25, 0.3) is 0 Å². The minimum Gasteiger partial charge on any atom is -0.390 e. The quantitative estimate of drug-likeness (QED) is 0.780. The smallest absolute Gasteiger partial charge is 0.312 e. The predicted octanol–water partition coefficient (Wildman–Crippen LogP) is 1.35. The van der Waals surface area contributed by atoms with Crippen molar-refractivity contribution in [1.82, 2.24) is 4.98 Å². The van der Waals surface area contributed by atoms with Crippen molar-refractivity contribution < 1.29 is 13.9 Å². The second-order valence-electron chi connectivity index (χ2n) is 2.86. The average molecular weight is 198 g/mol. The van der Waals surface area contributed by atoms with Gasteiger partial charge in [-0.05, 0) is 18.6 Å². The number of alkyl halides is 2. The molecule has 0 saturated carbocycles. The number of aromatic nitrogens is 1. The van der Waals surface area contributed by atoms with Gasteiger partial charge in [-0.2, -0.15) is 14.0 Å². The Balaban J connectivity index is 3.20. The Kier molecular flexibility index (Phi) is 2.77. The first kappa shape index (κ1) is 10.5. The molecule has 74 valence electrons. The zero-order valence-electron chi connectivity index (χ0n) is 7.46. The molecular weight excluding hydrogens is 190 g/mol. The van der Waals surface area contributed by atoms with Gasteiger partial charge in [-0.1, -0.05) is 0 Å². The van der Waals surface area contributed by atoms with Crippen molar-refractivity contribution in [3.05, 3.63) is 29.1 Å². The fraction of sp³-hybridized carbons (Fsp3) is 0.333. The van der Waals surface area contributed by atoms with E-state index in [-0.39, 0.29) is 11.1 Å². The molecule has 5 heteroatoms. The van der Waals surface area contributed by atoms with Gasteiger partial charge in [0.1, 0.15) is 18.4 Å². The lowest BCUT2D eigenvalue weighted by Gasteiger charge is -2.14. The Morgan fingerprint density at radius 1 is 1.64 bits per heavy atom. The number of aryl methyl sites for hydroxylation is 1. The normalized spacial score (nSPS) is 11.1. The fourth-order valence-corrected chi connectivity index (χ4v) is 1.09. The lowest BCUT2D eigenvalue weighted by molar-refractivity contribution is -0.0597. The first-order valence-corrected chi connectivity index (χ1v) is 3.87. The number of nitriles is 1. The number of hydrogen-bond donors (Lipinski definition) is 1. The Bertz CT molecular complexity index is 385. The molecule has 0 spiro atoms. The highest BCUT2D eigenvalue weighted by Crippen LogP contribution is 2.27. The molecule has 0 saturated heterocycles. The van der Waals surface area contributed by atoms with E-state index in [2.05, 4.69) is 4.98 Å². The van der Waals surface area contributed by atoms with Crippen LogP contribution in [0, 0.1) is 18.3 Å². The lowest BCUT2D eigenvalue weighted by atomic mass is 10.1. The van der Waals surface area contributed by atoms with Gasteiger partial charge < -0.3 is 5.11 Å². The van der Waals surface area contributed by atoms with Crippen molar-refractivity contribution >= 4 is 0 Å². The van der Waals surface area contributed by atoms with E-state index in [9.17, 15) is 8.78 Å². The topological polar surface area (TPSA) is 56.9 Å². The summed E-state index contributed by atoms with van der Waals surface area (Å²) >= 11 is 0. The lowest BCUT2D eigenvalue weighted by Crippen LogP contribution is -2.21. The first-order chi connectivity index (χ1) is 6.51. The second kappa shape index (κ2) is 3.68. The molecule has 1 heterocycles. The van der Waals surface area contributed by atoms with Crippen LogP contribution in [-0.4, -0.2) is 16.7 Å². The monoisotopic (exact) mass is 198 g/mol. The molecule has 0 atom stereocenters. The van der Waals surface area contributed by atoms with Gasteiger partial charge >= 0.3 is 5.92 Å². The van der Waals surface area contributed by atoms with E-state index in [1.54, 1.807) is 6.07 Å². The minimum atomic E-state index is -3.35. The van der Waals surface area contributed by atoms with E-state index in [1.807, 2.05) is 0 Å². The molecule has 0 fully saturated rings. The third-order valence-corrected chi connectivity index (χ3v) is 1.75. The molecule has 0 unspecified atom stereocenters. The summed E-state index contributed by atoms with van der Waals surface area (Å²) in [5.74, 6) is -3.35. The van der Waals surface area contributed by atoms with E-state index < -0.39 is 18.2 Å². The molecule has 1 aromatic rings. The van der Waals surface area contributed by atoms with Gasteiger partial charge in [0.25, 0.3) is 0 Å². The summed E-state index contributed by atoms with van der Waals surface area (Å²) in [4.78, 5) is 3.46. The van der Waals surface area contributed by atoms with Crippen LogP contribution in [0.5, 0.6) is 0 Å². The Morgan fingerprint density at radius 2 is 2.29 bits per heavy atom. The van der Waals surface area contributed by atoms with Crippen molar-refractivity contribution in [2.75, 3.05) is 6.61 Å². The zero-order valence-corrected chi connectivity index (χ0v) is 7.46. The highest BCUT2D eigenvalue weighted by molar-refractivity contribution is 5.33. The standard InChI is InChI=1S/C9H8F2N2O/c1-6-2-7(3-12)4-13-8(6)9(10,11)5-14/h2,4,14H,5H2,1H3. The third-order valence-electron chi connectivity index (χ3n) is 1.75. The van der Waals surface area contributed by atoms with Crippen molar-refractivity contribution in [2.45, 2.75) is 12.8 Å². The van der Waals surface area contributed by atoms with Crippen LogP contribution in [0.2, 0.25) is 0 Å². The number of pyridine rings is 1. The van der Waals surface area contributed by atoms with E-state index in [0.717, 1.165) is 6.20 Å². The summed E-state index contributed by atoms with van der Waals surface area (Å²) in [5, 5.41) is 16.9. The van der Waals surface area contributed by atoms with Crippen LogP contribution >= 0.6 is 0 Å². The Morgan fingerprint density at radius 3 is 2.71 bits per heavy atom.